The standard InChI is InChI=1S/C51H30N4O2/c1-3-14-31(15-4-1)49-52-50(32-16-5-2-6-17-32)54-51(53-49)40-28-27-39-37-20-9-12-25-45(37)57-48(39)46(40)55-42-23-10-7-18-35(42)41-30-33(26-29-43(41)55)34-21-13-22-38-36-19-8-11-24-44(36)56-47(34)38/h1-30H. The number of nitrogens with zero attached hydrogens (tertiary/aromatic N) is 4. The Kier molecular flexibility index (Phi) is 6.83. The van der Waals surface area contributed by atoms with Crippen LogP contribution in [0, 0.1) is 0 Å². The summed E-state index contributed by atoms with van der Waals surface area (Å²) in [4.78, 5) is 15.4. The molecule has 0 bridgehead atoms. The normalized spacial score (nSPS) is 11.9. The minimum Gasteiger partial charge on any atom is -0.455 e. The number of benzene rings is 8. The van der Waals surface area contributed by atoms with E-state index in [1.165, 1.54) is 0 Å². The molecule has 0 spiro atoms. The van der Waals surface area contributed by atoms with Gasteiger partial charge < -0.3 is 13.4 Å². The average molecular weight is 731 g/mol. The predicted molar refractivity (Wildman–Crippen MR) is 230 cm³/mol. The van der Waals surface area contributed by atoms with Gasteiger partial charge in [0.05, 0.1) is 11.0 Å². The second kappa shape index (κ2) is 12.3. The molecule has 0 saturated carbocycles. The molecular formula is C51H30N4O2. The summed E-state index contributed by atoms with van der Waals surface area (Å²) < 4.78 is 15.7. The zero-order chi connectivity index (χ0) is 37.5. The van der Waals surface area contributed by atoms with Gasteiger partial charge in [-0.3, -0.25) is 0 Å². The summed E-state index contributed by atoms with van der Waals surface area (Å²) in [5.41, 5.74) is 11.1. The molecule has 12 aromatic rings. The van der Waals surface area contributed by atoms with Crippen molar-refractivity contribution in [2.45, 2.75) is 0 Å². The van der Waals surface area contributed by atoms with Gasteiger partial charge in [-0.1, -0.05) is 140 Å². The molecule has 0 saturated heterocycles. The van der Waals surface area contributed by atoms with Crippen molar-refractivity contribution in [3.05, 3.63) is 182 Å². The lowest BCUT2D eigenvalue weighted by molar-refractivity contribution is 0.666. The Labute approximate surface area is 325 Å². The highest BCUT2D eigenvalue weighted by molar-refractivity contribution is 6.16. The topological polar surface area (TPSA) is 69.9 Å². The van der Waals surface area contributed by atoms with E-state index in [1.54, 1.807) is 0 Å². The number of hydrogen-bond acceptors (Lipinski definition) is 5. The second-order valence-corrected chi connectivity index (χ2v) is 14.3. The molecule has 0 radical (unpaired) electrons. The van der Waals surface area contributed by atoms with E-state index in [0.717, 1.165) is 99.2 Å². The Morgan fingerprint density at radius 2 is 0.877 bits per heavy atom. The van der Waals surface area contributed by atoms with Gasteiger partial charge in [0.2, 0.25) is 0 Å². The number of rotatable bonds is 5. The molecule has 0 atom stereocenters. The highest BCUT2D eigenvalue weighted by Crippen LogP contribution is 2.44. The van der Waals surface area contributed by atoms with Gasteiger partial charge >= 0.3 is 0 Å². The number of fused-ring (bicyclic) bond motifs is 9. The third-order valence-electron chi connectivity index (χ3n) is 11.1. The summed E-state index contributed by atoms with van der Waals surface area (Å²) >= 11 is 0. The summed E-state index contributed by atoms with van der Waals surface area (Å²) in [7, 11) is 0. The predicted octanol–water partition coefficient (Wildman–Crippen LogP) is 13.4. The fraction of sp³-hybridized carbons (Fsp3) is 0. The molecule has 57 heavy (non-hydrogen) atoms. The Morgan fingerprint density at radius 1 is 0.333 bits per heavy atom. The van der Waals surface area contributed by atoms with Crippen molar-refractivity contribution < 1.29 is 8.83 Å². The molecule has 0 N–H and O–H groups in total. The third kappa shape index (κ3) is 4.87. The van der Waals surface area contributed by atoms with Crippen LogP contribution in [0.3, 0.4) is 0 Å². The van der Waals surface area contributed by atoms with E-state index in [4.69, 9.17) is 23.8 Å². The van der Waals surface area contributed by atoms with E-state index in [1.807, 2.05) is 84.9 Å². The Bertz CT molecular complexity index is 3470. The van der Waals surface area contributed by atoms with Crippen LogP contribution >= 0.6 is 0 Å². The van der Waals surface area contributed by atoms with E-state index < -0.39 is 0 Å². The molecule has 0 fully saturated rings. The van der Waals surface area contributed by atoms with Crippen LogP contribution in [0.2, 0.25) is 0 Å². The minimum atomic E-state index is 0.555. The highest BCUT2D eigenvalue weighted by Gasteiger charge is 2.25. The van der Waals surface area contributed by atoms with Crippen molar-refractivity contribution in [1.82, 2.24) is 19.5 Å². The van der Waals surface area contributed by atoms with Crippen LogP contribution in [-0.2, 0) is 0 Å². The summed E-state index contributed by atoms with van der Waals surface area (Å²) in [5, 5.41) is 6.52. The molecule has 266 valence electrons. The van der Waals surface area contributed by atoms with Crippen LogP contribution in [-0.4, -0.2) is 19.5 Å². The second-order valence-electron chi connectivity index (χ2n) is 14.3. The monoisotopic (exact) mass is 730 g/mol. The molecule has 0 amide bonds. The average Bonchev–Trinajstić information content (AvgIpc) is 3.96. The van der Waals surface area contributed by atoms with Crippen molar-refractivity contribution in [3.63, 3.8) is 0 Å². The van der Waals surface area contributed by atoms with Gasteiger partial charge in [-0.05, 0) is 48.0 Å². The van der Waals surface area contributed by atoms with Gasteiger partial charge in [0.1, 0.15) is 22.4 Å². The minimum absolute atomic E-state index is 0.555. The van der Waals surface area contributed by atoms with Gasteiger partial charge in [-0.15, -0.1) is 0 Å². The first-order valence-electron chi connectivity index (χ1n) is 19.0. The van der Waals surface area contributed by atoms with Crippen molar-refractivity contribution >= 4 is 65.7 Å². The van der Waals surface area contributed by atoms with E-state index in [2.05, 4.69) is 102 Å². The molecule has 0 aliphatic carbocycles. The van der Waals surface area contributed by atoms with Crippen LogP contribution in [0.1, 0.15) is 0 Å². The Morgan fingerprint density at radius 3 is 1.58 bits per heavy atom. The Hall–Kier alpha value is -7.83. The van der Waals surface area contributed by atoms with Crippen LogP contribution < -0.4 is 0 Å². The van der Waals surface area contributed by atoms with Gasteiger partial charge in [0.15, 0.2) is 23.1 Å². The number of hydrogen-bond donors (Lipinski definition) is 0. The Balaban J connectivity index is 1.16. The fourth-order valence-electron chi connectivity index (χ4n) is 8.46. The van der Waals surface area contributed by atoms with Gasteiger partial charge in [-0.25, -0.2) is 15.0 Å². The van der Waals surface area contributed by atoms with Crippen molar-refractivity contribution in [2.24, 2.45) is 0 Å². The molecule has 8 aromatic carbocycles. The first-order chi connectivity index (χ1) is 28.3. The molecule has 0 unspecified atom stereocenters. The summed E-state index contributed by atoms with van der Waals surface area (Å²) in [6, 6.07) is 62.6. The molecule has 6 nitrogen and oxygen atoms in total. The molecule has 0 aliphatic heterocycles. The fourth-order valence-corrected chi connectivity index (χ4v) is 8.46. The maximum absolute atomic E-state index is 6.86. The van der Waals surface area contributed by atoms with Crippen molar-refractivity contribution in [2.75, 3.05) is 0 Å². The zero-order valence-electron chi connectivity index (χ0n) is 30.4. The zero-order valence-corrected chi connectivity index (χ0v) is 30.4. The molecule has 6 heteroatoms. The first-order valence-corrected chi connectivity index (χ1v) is 19.0. The van der Waals surface area contributed by atoms with Gasteiger partial charge in [-0.2, -0.15) is 0 Å². The van der Waals surface area contributed by atoms with Crippen LogP contribution in [0.25, 0.3) is 117 Å². The van der Waals surface area contributed by atoms with E-state index in [0.29, 0.717) is 17.5 Å². The van der Waals surface area contributed by atoms with Crippen molar-refractivity contribution in [1.29, 1.82) is 0 Å². The van der Waals surface area contributed by atoms with Crippen LogP contribution in [0.5, 0.6) is 0 Å². The lowest BCUT2D eigenvalue weighted by atomic mass is 10.0. The molecular weight excluding hydrogens is 701 g/mol. The van der Waals surface area contributed by atoms with Crippen molar-refractivity contribution in [3.8, 4) is 51.0 Å². The quantitative estimate of drug-likeness (QED) is 0.176. The van der Waals surface area contributed by atoms with Crippen LogP contribution in [0.15, 0.2) is 191 Å². The lowest BCUT2D eigenvalue weighted by Crippen LogP contribution is -2.04. The van der Waals surface area contributed by atoms with E-state index >= 15 is 0 Å². The maximum atomic E-state index is 6.86. The number of furan rings is 2. The summed E-state index contributed by atoms with van der Waals surface area (Å²) in [6.45, 7) is 0. The van der Waals surface area contributed by atoms with Gasteiger partial charge in [0, 0.05) is 54.6 Å². The summed E-state index contributed by atoms with van der Waals surface area (Å²) in [5.74, 6) is 1.75. The van der Waals surface area contributed by atoms with E-state index in [9.17, 15) is 0 Å². The molecule has 12 rings (SSSR count). The number of aromatic nitrogens is 4. The molecule has 4 aromatic heterocycles. The lowest BCUT2D eigenvalue weighted by Gasteiger charge is -2.15. The molecule has 0 aliphatic rings. The van der Waals surface area contributed by atoms with Crippen LogP contribution in [0.4, 0.5) is 0 Å². The first kappa shape index (κ1) is 31.5. The smallest absolute Gasteiger partial charge is 0.166 e. The number of para-hydroxylation sites is 4. The van der Waals surface area contributed by atoms with E-state index in [-0.39, 0.29) is 0 Å². The molecule has 4 heterocycles. The largest absolute Gasteiger partial charge is 0.455 e. The summed E-state index contributed by atoms with van der Waals surface area (Å²) in [6.07, 6.45) is 0. The van der Waals surface area contributed by atoms with Gasteiger partial charge in [0.25, 0.3) is 0 Å². The maximum Gasteiger partial charge on any atom is 0.166 e. The SMILES string of the molecule is c1ccc(-c2nc(-c3ccccc3)nc(-c3ccc4c(oc5ccccc54)c3-n3c4ccccc4c4cc(-c5cccc6c5oc5ccccc56)ccc43)n2)cc1. The highest BCUT2D eigenvalue weighted by atomic mass is 16.3. The third-order valence-corrected chi connectivity index (χ3v) is 11.1.